The van der Waals surface area contributed by atoms with Crippen LogP contribution in [0.3, 0.4) is 0 Å². The Morgan fingerprint density at radius 3 is 2.39 bits per heavy atom. The number of aliphatic hydroxyl groups is 3. The second kappa shape index (κ2) is 5.80. The zero-order valence-corrected chi connectivity index (χ0v) is 10.1. The predicted molar refractivity (Wildman–Crippen MR) is 63.8 cm³/mol. The van der Waals surface area contributed by atoms with E-state index in [-0.39, 0.29) is 11.4 Å². The maximum atomic E-state index is 11.9. The van der Waals surface area contributed by atoms with Crippen LogP contribution in [0.4, 0.5) is 5.69 Å². The van der Waals surface area contributed by atoms with Crippen molar-refractivity contribution >= 4 is 11.6 Å². The van der Waals surface area contributed by atoms with Gasteiger partial charge in [0, 0.05) is 12.7 Å². The van der Waals surface area contributed by atoms with E-state index in [4.69, 9.17) is 21.1 Å². The minimum atomic E-state index is -1.49. The van der Waals surface area contributed by atoms with Crippen LogP contribution < -0.4 is 11.1 Å². The van der Waals surface area contributed by atoms with E-state index in [0.717, 1.165) is 0 Å². The molecule has 0 bridgehead atoms. The summed E-state index contributed by atoms with van der Waals surface area (Å²) < 4.78 is 1.49. The fourth-order valence-corrected chi connectivity index (χ4v) is 1.34. The number of nitrogens with two attached hydrogens (primary N) is 1. The summed E-state index contributed by atoms with van der Waals surface area (Å²) in [6.07, 6.45) is 1.51. The summed E-state index contributed by atoms with van der Waals surface area (Å²) in [5.41, 5.74) is 4.33. The van der Waals surface area contributed by atoms with E-state index in [1.807, 2.05) is 6.92 Å². The predicted octanol–water partition coefficient (Wildman–Crippen LogP) is -2.07. The molecule has 1 amide bonds. The van der Waals surface area contributed by atoms with Gasteiger partial charge in [0.25, 0.3) is 5.91 Å². The van der Waals surface area contributed by atoms with Gasteiger partial charge >= 0.3 is 0 Å². The molecule has 1 heterocycles. The molecular weight excluding hydrogens is 240 g/mol. The van der Waals surface area contributed by atoms with Gasteiger partial charge in [-0.3, -0.25) is 9.48 Å². The highest BCUT2D eigenvalue weighted by Gasteiger charge is 2.31. The largest absolute Gasteiger partial charge is 0.396 e. The fraction of sp³-hybridized carbons (Fsp3) is 0.600. The van der Waals surface area contributed by atoms with Gasteiger partial charge in [-0.2, -0.15) is 5.10 Å². The summed E-state index contributed by atoms with van der Waals surface area (Å²) >= 11 is 0. The van der Waals surface area contributed by atoms with Crippen molar-refractivity contribution in [2.75, 3.05) is 25.6 Å². The number of amides is 1. The van der Waals surface area contributed by atoms with Gasteiger partial charge in [-0.25, -0.2) is 0 Å². The van der Waals surface area contributed by atoms with E-state index < -0.39 is 31.3 Å². The van der Waals surface area contributed by atoms with Gasteiger partial charge in [0.05, 0.1) is 25.5 Å². The number of hydrogen-bond donors (Lipinski definition) is 5. The second-order valence-corrected chi connectivity index (χ2v) is 4.00. The van der Waals surface area contributed by atoms with E-state index in [0.29, 0.717) is 6.54 Å². The Kier molecular flexibility index (Phi) is 4.65. The van der Waals surface area contributed by atoms with Gasteiger partial charge < -0.3 is 26.4 Å². The van der Waals surface area contributed by atoms with Crippen molar-refractivity contribution in [3.8, 4) is 0 Å². The summed E-state index contributed by atoms with van der Waals surface area (Å²) in [5, 5.41) is 33.6. The molecule has 0 saturated heterocycles. The first-order valence-electron chi connectivity index (χ1n) is 5.50. The monoisotopic (exact) mass is 258 g/mol. The van der Waals surface area contributed by atoms with Crippen LogP contribution in [0.5, 0.6) is 0 Å². The Labute approximate surface area is 104 Å². The van der Waals surface area contributed by atoms with Gasteiger partial charge in [-0.15, -0.1) is 0 Å². The number of carbonyl (C=O) groups is 1. The molecule has 0 aliphatic heterocycles. The molecule has 0 aliphatic carbocycles. The molecule has 0 unspecified atom stereocenters. The molecule has 0 saturated carbocycles. The summed E-state index contributed by atoms with van der Waals surface area (Å²) in [7, 11) is 0. The first-order chi connectivity index (χ1) is 8.51. The van der Waals surface area contributed by atoms with Crippen LogP contribution >= 0.6 is 0 Å². The third-order valence-corrected chi connectivity index (χ3v) is 2.62. The number of rotatable bonds is 6. The van der Waals surface area contributed by atoms with Crippen LogP contribution in [0.1, 0.15) is 17.4 Å². The fourth-order valence-electron chi connectivity index (χ4n) is 1.34. The average molecular weight is 258 g/mol. The van der Waals surface area contributed by atoms with Crippen molar-refractivity contribution in [3.05, 3.63) is 11.9 Å². The maximum Gasteiger partial charge on any atom is 0.274 e. The lowest BCUT2D eigenvalue weighted by Crippen LogP contribution is -2.57. The standard InChI is InChI=1S/C10H18N4O4/c1-2-14-3-7(11)8(13-14)9(18)12-10(4-15,5-16)6-17/h3,15-17H,2,4-6,11H2,1H3,(H,12,18). The van der Waals surface area contributed by atoms with Crippen LogP contribution in [0, 0.1) is 0 Å². The molecule has 1 aromatic rings. The van der Waals surface area contributed by atoms with Crippen molar-refractivity contribution in [3.63, 3.8) is 0 Å². The molecule has 0 aliphatic rings. The highest BCUT2D eigenvalue weighted by Crippen LogP contribution is 2.11. The van der Waals surface area contributed by atoms with E-state index in [9.17, 15) is 4.79 Å². The normalized spacial score (nSPS) is 11.6. The van der Waals surface area contributed by atoms with Crippen molar-refractivity contribution in [2.24, 2.45) is 0 Å². The number of nitrogens with zero attached hydrogens (tertiary/aromatic N) is 2. The van der Waals surface area contributed by atoms with Crippen LogP contribution in [-0.2, 0) is 6.54 Å². The van der Waals surface area contributed by atoms with Gasteiger partial charge in [0.2, 0.25) is 0 Å². The topological polar surface area (TPSA) is 134 Å². The number of hydrogen-bond acceptors (Lipinski definition) is 6. The summed E-state index contributed by atoms with van der Waals surface area (Å²) in [5.74, 6) is -0.656. The molecule has 102 valence electrons. The Bertz CT molecular complexity index is 406. The first-order valence-corrected chi connectivity index (χ1v) is 5.50. The lowest BCUT2D eigenvalue weighted by molar-refractivity contribution is 0.0373. The Hall–Kier alpha value is -1.64. The minimum Gasteiger partial charge on any atom is -0.396 e. The molecular formula is C10H18N4O4. The molecule has 1 aromatic heterocycles. The van der Waals surface area contributed by atoms with E-state index in [1.165, 1.54) is 10.9 Å². The molecule has 6 N–H and O–H groups in total. The van der Waals surface area contributed by atoms with E-state index in [2.05, 4.69) is 10.4 Å². The lowest BCUT2D eigenvalue weighted by Gasteiger charge is -2.28. The first kappa shape index (κ1) is 14.4. The number of aromatic nitrogens is 2. The van der Waals surface area contributed by atoms with Gasteiger partial charge in [-0.05, 0) is 6.92 Å². The van der Waals surface area contributed by atoms with Crippen molar-refractivity contribution in [1.29, 1.82) is 0 Å². The molecule has 8 heteroatoms. The highest BCUT2D eigenvalue weighted by molar-refractivity contribution is 5.97. The Balaban J connectivity index is 2.90. The molecule has 8 nitrogen and oxygen atoms in total. The third kappa shape index (κ3) is 2.78. The number of aryl methyl sites for hydroxylation is 1. The zero-order valence-electron chi connectivity index (χ0n) is 10.1. The second-order valence-electron chi connectivity index (χ2n) is 4.00. The number of anilines is 1. The SMILES string of the molecule is CCn1cc(N)c(C(=O)NC(CO)(CO)CO)n1. The van der Waals surface area contributed by atoms with Crippen LogP contribution in [0.15, 0.2) is 6.20 Å². The number of nitrogens with one attached hydrogen (secondary N) is 1. The molecule has 1 rings (SSSR count). The number of nitrogen functional groups attached to an aromatic ring is 1. The van der Waals surface area contributed by atoms with E-state index >= 15 is 0 Å². The van der Waals surface area contributed by atoms with Gasteiger partial charge in [-0.1, -0.05) is 0 Å². The molecule has 0 atom stereocenters. The molecule has 18 heavy (non-hydrogen) atoms. The number of carbonyl (C=O) groups excluding carboxylic acids is 1. The average Bonchev–Trinajstić information content (AvgIpc) is 2.77. The Morgan fingerprint density at radius 2 is 2.00 bits per heavy atom. The Morgan fingerprint density at radius 1 is 1.44 bits per heavy atom. The molecule has 0 radical (unpaired) electrons. The quantitative estimate of drug-likeness (QED) is 0.398. The van der Waals surface area contributed by atoms with Gasteiger partial charge in [0.1, 0.15) is 5.54 Å². The molecule has 0 spiro atoms. The zero-order chi connectivity index (χ0) is 13.8. The third-order valence-electron chi connectivity index (χ3n) is 2.62. The number of aliphatic hydroxyl groups excluding tert-OH is 3. The lowest BCUT2D eigenvalue weighted by atomic mass is 10.0. The van der Waals surface area contributed by atoms with Crippen LogP contribution in [-0.4, -0.2) is 56.4 Å². The maximum absolute atomic E-state index is 11.9. The summed E-state index contributed by atoms with van der Waals surface area (Å²) in [6.45, 7) is 0.608. The van der Waals surface area contributed by atoms with Crippen molar-refractivity contribution in [2.45, 2.75) is 19.0 Å². The summed E-state index contributed by atoms with van der Waals surface area (Å²) in [4.78, 5) is 11.9. The smallest absolute Gasteiger partial charge is 0.274 e. The summed E-state index contributed by atoms with van der Waals surface area (Å²) in [6, 6.07) is 0. The van der Waals surface area contributed by atoms with E-state index in [1.54, 1.807) is 0 Å². The minimum absolute atomic E-state index is 0.00317. The van der Waals surface area contributed by atoms with Gasteiger partial charge in [0.15, 0.2) is 5.69 Å². The van der Waals surface area contributed by atoms with Crippen molar-refractivity contribution < 1.29 is 20.1 Å². The molecule has 0 aromatic carbocycles. The van der Waals surface area contributed by atoms with Crippen LogP contribution in [0.2, 0.25) is 0 Å². The van der Waals surface area contributed by atoms with Crippen molar-refractivity contribution in [1.82, 2.24) is 15.1 Å². The highest BCUT2D eigenvalue weighted by atomic mass is 16.3. The molecule has 0 fully saturated rings. The van der Waals surface area contributed by atoms with Crippen LogP contribution in [0.25, 0.3) is 0 Å².